The Morgan fingerprint density at radius 2 is 1.56 bits per heavy atom. The number of rotatable bonds is 2. The summed E-state index contributed by atoms with van der Waals surface area (Å²) in [7, 11) is 1.20. The van der Waals surface area contributed by atoms with Crippen LogP contribution in [0.15, 0.2) is 27.7 Å². The van der Waals surface area contributed by atoms with Gasteiger partial charge in [0.15, 0.2) is 0 Å². The third-order valence-corrected chi connectivity index (χ3v) is 2.86. The molecule has 0 aliphatic rings. The molecule has 0 radical (unpaired) electrons. The van der Waals surface area contributed by atoms with Crippen LogP contribution in [0.3, 0.4) is 0 Å². The Balaban J connectivity index is 3.19. The molecule has 1 aromatic rings. The number of esters is 1. The van der Waals surface area contributed by atoms with Gasteiger partial charge in [0.05, 0.1) is 21.6 Å². The highest BCUT2D eigenvalue weighted by Gasteiger charge is 2.36. The van der Waals surface area contributed by atoms with E-state index in [1.165, 1.54) is 31.4 Å². The number of allylic oxidation sites excluding steroid dienone is 1. The van der Waals surface area contributed by atoms with Gasteiger partial charge in [0.2, 0.25) is 0 Å². The van der Waals surface area contributed by atoms with Crippen molar-refractivity contribution in [2.45, 2.75) is 6.18 Å². The lowest BCUT2D eigenvalue weighted by Gasteiger charge is -2.12. The topological polar surface area (TPSA) is 26.3 Å². The molecule has 0 bridgehead atoms. The summed E-state index contributed by atoms with van der Waals surface area (Å²) in [5.74, 6) is -0.600. The van der Waals surface area contributed by atoms with Crippen molar-refractivity contribution in [1.82, 2.24) is 0 Å². The van der Waals surface area contributed by atoms with Gasteiger partial charge in [0.25, 0.3) is 0 Å². The molecule has 0 amide bonds. The average Bonchev–Trinajstić information content (AvgIpc) is 2.26. The molecule has 0 heterocycles. The fraction of sp³-hybridized carbons (Fsp3) is 0.182. The fourth-order valence-corrected chi connectivity index (χ4v) is 2.18. The molecular weight excluding hydrogens is 381 g/mol. The standard InChI is InChI=1S/C11H7Br2F3O2/c1-18-10(17)7-4-2-6(3-5-7)8(9(12)13)11(14,15)16/h2-5H,1H3. The molecule has 0 aromatic heterocycles. The molecule has 0 fully saturated rings. The van der Waals surface area contributed by atoms with Crippen LogP contribution in [0.2, 0.25) is 0 Å². The van der Waals surface area contributed by atoms with Crippen LogP contribution in [0.25, 0.3) is 5.57 Å². The van der Waals surface area contributed by atoms with Crippen molar-refractivity contribution in [1.29, 1.82) is 0 Å². The Kier molecular flexibility index (Phi) is 4.98. The normalized spacial score (nSPS) is 11.0. The maximum Gasteiger partial charge on any atom is 0.418 e. The fourth-order valence-electron chi connectivity index (χ4n) is 1.27. The van der Waals surface area contributed by atoms with Gasteiger partial charge in [-0.25, -0.2) is 4.79 Å². The zero-order valence-electron chi connectivity index (χ0n) is 9.02. The van der Waals surface area contributed by atoms with Crippen molar-refractivity contribution in [2.24, 2.45) is 0 Å². The van der Waals surface area contributed by atoms with E-state index in [2.05, 4.69) is 36.6 Å². The van der Waals surface area contributed by atoms with Crippen molar-refractivity contribution in [2.75, 3.05) is 7.11 Å². The van der Waals surface area contributed by atoms with Crippen molar-refractivity contribution in [3.8, 4) is 0 Å². The van der Waals surface area contributed by atoms with E-state index in [-0.39, 0.29) is 14.5 Å². The van der Waals surface area contributed by atoms with Crippen LogP contribution in [-0.2, 0) is 4.74 Å². The maximum atomic E-state index is 12.8. The largest absolute Gasteiger partial charge is 0.465 e. The first-order chi connectivity index (χ1) is 8.27. The maximum absolute atomic E-state index is 12.8. The lowest BCUT2D eigenvalue weighted by atomic mass is 10.1. The molecule has 7 heteroatoms. The predicted molar refractivity (Wildman–Crippen MR) is 68.6 cm³/mol. The minimum Gasteiger partial charge on any atom is -0.465 e. The molecule has 0 atom stereocenters. The first kappa shape index (κ1) is 15.2. The predicted octanol–water partition coefficient (Wildman–Crippen LogP) is 4.49. The zero-order valence-corrected chi connectivity index (χ0v) is 12.2. The molecule has 0 aliphatic heterocycles. The minimum absolute atomic E-state index is 0.0566. The molecule has 0 saturated carbocycles. The summed E-state index contributed by atoms with van der Waals surface area (Å²) in [4.78, 5) is 11.2. The van der Waals surface area contributed by atoms with Crippen LogP contribution >= 0.6 is 31.9 Å². The Morgan fingerprint density at radius 1 is 1.11 bits per heavy atom. The van der Waals surface area contributed by atoms with E-state index in [1.807, 2.05) is 0 Å². The molecular formula is C11H7Br2F3O2. The molecule has 18 heavy (non-hydrogen) atoms. The van der Waals surface area contributed by atoms with Gasteiger partial charge in [-0.1, -0.05) is 12.1 Å². The van der Waals surface area contributed by atoms with Gasteiger partial charge in [0.1, 0.15) is 0 Å². The summed E-state index contributed by atoms with van der Waals surface area (Å²) in [5.41, 5.74) is -0.716. The smallest absolute Gasteiger partial charge is 0.418 e. The van der Waals surface area contributed by atoms with Crippen molar-refractivity contribution < 1.29 is 22.7 Å². The Labute approximate surface area is 118 Å². The number of benzene rings is 1. The molecule has 0 saturated heterocycles. The number of methoxy groups -OCH3 is 1. The first-order valence-electron chi connectivity index (χ1n) is 4.58. The van der Waals surface area contributed by atoms with Crippen LogP contribution in [-0.4, -0.2) is 19.3 Å². The van der Waals surface area contributed by atoms with Gasteiger partial charge >= 0.3 is 12.1 Å². The van der Waals surface area contributed by atoms with Gasteiger partial charge < -0.3 is 4.74 Å². The lowest BCUT2D eigenvalue weighted by Crippen LogP contribution is -2.11. The summed E-state index contributed by atoms with van der Waals surface area (Å²) >= 11 is 5.52. The van der Waals surface area contributed by atoms with Gasteiger partial charge in [-0.3, -0.25) is 0 Å². The number of carbonyl (C=O) groups is 1. The van der Waals surface area contributed by atoms with Crippen LogP contribution in [0, 0.1) is 0 Å². The van der Waals surface area contributed by atoms with Crippen molar-refractivity contribution >= 4 is 43.4 Å². The second kappa shape index (κ2) is 5.88. The second-order valence-electron chi connectivity index (χ2n) is 3.20. The number of hydrogen-bond acceptors (Lipinski definition) is 2. The number of halogens is 5. The highest BCUT2D eigenvalue weighted by atomic mass is 79.9. The highest BCUT2D eigenvalue weighted by molar-refractivity contribution is 9.28. The number of hydrogen-bond donors (Lipinski definition) is 0. The van der Waals surface area contributed by atoms with E-state index < -0.39 is 17.7 Å². The molecule has 1 rings (SSSR count). The Morgan fingerprint density at radius 3 is 1.89 bits per heavy atom. The Hall–Kier alpha value is -0.820. The average molecular weight is 388 g/mol. The molecule has 0 spiro atoms. The quantitative estimate of drug-likeness (QED) is 0.698. The van der Waals surface area contributed by atoms with E-state index in [0.717, 1.165) is 0 Å². The summed E-state index contributed by atoms with van der Waals surface area (Å²) in [5, 5.41) is 0. The lowest BCUT2D eigenvalue weighted by molar-refractivity contribution is -0.0688. The van der Waals surface area contributed by atoms with E-state index >= 15 is 0 Å². The molecule has 2 nitrogen and oxygen atoms in total. The minimum atomic E-state index is -4.50. The van der Waals surface area contributed by atoms with Gasteiger partial charge in [0, 0.05) is 0 Å². The first-order valence-corrected chi connectivity index (χ1v) is 6.17. The summed E-state index contributed by atoms with van der Waals surface area (Å²) in [6.07, 6.45) is -4.50. The summed E-state index contributed by atoms with van der Waals surface area (Å²) in [6, 6.07) is 4.96. The number of ether oxygens (including phenoxy) is 1. The number of carbonyl (C=O) groups excluding carboxylic acids is 1. The summed E-state index contributed by atoms with van der Waals surface area (Å²) in [6.45, 7) is 0. The third kappa shape index (κ3) is 3.58. The molecule has 1 aromatic carbocycles. The van der Waals surface area contributed by atoms with E-state index in [0.29, 0.717) is 0 Å². The van der Waals surface area contributed by atoms with Crippen LogP contribution < -0.4 is 0 Å². The second-order valence-corrected chi connectivity index (χ2v) is 5.85. The Bertz CT molecular complexity index is 474. The van der Waals surface area contributed by atoms with Gasteiger partial charge in [-0.05, 0) is 49.6 Å². The van der Waals surface area contributed by atoms with Gasteiger partial charge in [-0.15, -0.1) is 0 Å². The molecule has 0 N–H and O–H groups in total. The van der Waals surface area contributed by atoms with E-state index in [9.17, 15) is 18.0 Å². The molecule has 0 aliphatic carbocycles. The van der Waals surface area contributed by atoms with E-state index in [4.69, 9.17) is 0 Å². The van der Waals surface area contributed by atoms with E-state index in [1.54, 1.807) is 0 Å². The summed E-state index contributed by atoms with van der Waals surface area (Å²) < 4.78 is 42.6. The third-order valence-electron chi connectivity index (χ3n) is 2.07. The van der Waals surface area contributed by atoms with Crippen LogP contribution in [0.5, 0.6) is 0 Å². The van der Waals surface area contributed by atoms with Crippen LogP contribution in [0.1, 0.15) is 15.9 Å². The SMILES string of the molecule is COC(=O)c1ccc(C(=C(Br)Br)C(F)(F)F)cc1. The number of alkyl halides is 3. The van der Waals surface area contributed by atoms with Crippen molar-refractivity contribution in [3.63, 3.8) is 0 Å². The zero-order chi connectivity index (χ0) is 13.9. The van der Waals surface area contributed by atoms with Gasteiger partial charge in [-0.2, -0.15) is 13.2 Å². The monoisotopic (exact) mass is 386 g/mol. The molecule has 98 valence electrons. The highest BCUT2D eigenvalue weighted by Crippen LogP contribution is 2.40. The molecule has 0 unspecified atom stereocenters. The van der Waals surface area contributed by atoms with Crippen LogP contribution in [0.4, 0.5) is 13.2 Å². The van der Waals surface area contributed by atoms with Crippen molar-refractivity contribution in [3.05, 3.63) is 38.8 Å².